The molecule has 0 aromatic carbocycles. The summed E-state index contributed by atoms with van der Waals surface area (Å²) in [7, 11) is 0. The Hall–Kier alpha value is -2.68. The molecular weight excluding hydrogens is 244 g/mol. The zero-order valence-corrected chi connectivity index (χ0v) is 10.4. The van der Waals surface area contributed by atoms with Gasteiger partial charge in [-0.3, -0.25) is 9.36 Å². The summed E-state index contributed by atoms with van der Waals surface area (Å²) >= 11 is 0. The lowest BCUT2D eigenvalue weighted by molar-refractivity contribution is 0.599. The molecule has 0 bridgehead atoms. The minimum Gasteiger partial charge on any atom is -0.301 e. The molecule has 2 aromatic heterocycles. The molecule has 0 spiro atoms. The van der Waals surface area contributed by atoms with E-state index in [1.807, 2.05) is 13.0 Å². The maximum atomic E-state index is 12.0. The summed E-state index contributed by atoms with van der Waals surface area (Å²) in [6.45, 7) is 2.46. The molecule has 0 saturated carbocycles. The summed E-state index contributed by atoms with van der Waals surface area (Å²) in [5.41, 5.74) is 0.243. The molecule has 2 aromatic rings. The van der Waals surface area contributed by atoms with Crippen molar-refractivity contribution in [2.45, 2.75) is 20.0 Å². The van der Waals surface area contributed by atoms with Crippen LogP contribution in [0.4, 0.5) is 0 Å². The van der Waals surface area contributed by atoms with Gasteiger partial charge in [0, 0.05) is 25.0 Å². The molecule has 96 valence electrons. The Kier molecular flexibility index (Phi) is 3.57. The Labute approximate surface area is 109 Å². The summed E-state index contributed by atoms with van der Waals surface area (Å²) in [6.07, 6.45) is 2.97. The number of hydrogen-bond donors (Lipinski definition) is 0. The van der Waals surface area contributed by atoms with Crippen LogP contribution < -0.4 is 11.2 Å². The van der Waals surface area contributed by atoms with Crippen LogP contribution in [0.15, 0.2) is 40.2 Å². The van der Waals surface area contributed by atoms with E-state index in [-0.39, 0.29) is 23.5 Å². The molecule has 0 aliphatic heterocycles. The highest BCUT2D eigenvalue weighted by Gasteiger charge is 2.05. The first-order valence-corrected chi connectivity index (χ1v) is 5.81. The van der Waals surface area contributed by atoms with E-state index in [2.05, 4.69) is 4.98 Å². The van der Waals surface area contributed by atoms with Crippen molar-refractivity contribution >= 4 is 0 Å². The van der Waals surface area contributed by atoms with Crippen LogP contribution in [0.2, 0.25) is 0 Å². The van der Waals surface area contributed by atoms with Gasteiger partial charge in [0.1, 0.15) is 11.8 Å². The van der Waals surface area contributed by atoms with E-state index in [1.54, 1.807) is 12.1 Å². The molecule has 0 unspecified atom stereocenters. The third-order valence-corrected chi connectivity index (χ3v) is 2.76. The normalized spacial score (nSPS) is 10.1. The number of aromatic nitrogens is 3. The molecule has 19 heavy (non-hydrogen) atoms. The van der Waals surface area contributed by atoms with Crippen molar-refractivity contribution in [3.8, 4) is 6.07 Å². The number of rotatable bonds is 3. The van der Waals surface area contributed by atoms with Crippen LogP contribution in [-0.2, 0) is 13.1 Å². The van der Waals surface area contributed by atoms with Crippen molar-refractivity contribution in [2.24, 2.45) is 0 Å². The number of pyridine rings is 1. The van der Waals surface area contributed by atoms with Crippen molar-refractivity contribution in [3.05, 3.63) is 62.7 Å². The van der Waals surface area contributed by atoms with Crippen molar-refractivity contribution in [1.29, 1.82) is 5.26 Å². The highest BCUT2D eigenvalue weighted by molar-refractivity contribution is 5.25. The van der Waals surface area contributed by atoms with E-state index in [1.165, 1.54) is 23.0 Å². The van der Waals surface area contributed by atoms with Crippen molar-refractivity contribution in [2.75, 3.05) is 0 Å². The van der Waals surface area contributed by atoms with E-state index < -0.39 is 0 Å². The lowest BCUT2D eigenvalue weighted by Gasteiger charge is -2.08. The van der Waals surface area contributed by atoms with Gasteiger partial charge in [-0.15, -0.1) is 0 Å². The molecule has 0 aliphatic carbocycles. The summed E-state index contributed by atoms with van der Waals surface area (Å²) in [4.78, 5) is 27.6. The lowest BCUT2D eigenvalue weighted by atomic mass is 10.2. The molecule has 2 heterocycles. The molecular formula is C13H12N4O2. The minimum absolute atomic E-state index is 0.135. The quantitative estimate of drug-likeness (QED) is 0.793. The summed E-state index contributed by atoms with van der Waals surface area (Å²) in [6, 6.07) is 6.52. The van der Waals surface area contributed by atoms with Gasteiger partial charge in [-0.25, -0.2) is 9.78 Å². The van der Waals surface area contributed by atoms with Crippen LogP contribution in [0.5, 0.6) is 0 Å². The first-order valence-electron chi connectivity index (χ1n) is 5.81. The molecule has 0 radical (unpaired) electrons. The average Bonchev–Trinajstić information content (AvgIpc) is 2.44. The molecule has 0 amide bonds. The SMILES string of the molecule is CCn1ccc(=O)n(Cc2ccnc(C#N)c2)c1=O. The second-order valence-electron chi connectivity index (χ2n) is 3.97. The van der Waals surface area contributed by atoms with E-state index in [9.17, 15) is 9.59 Å². The molecule has 2 rings (SSSR count). The van der Waals surface area contributed by atoms with Crippen LogP contribution in [0, 0.1) is 11.3 Å². The van der Waals surface area contributed by atoms with Gasteiger partial charge >= 0.3 is 5.69 Å². The Balaban J connectivity index is 2.47. The van der Waals surface area contributed by atoms with E-state index in [0.29, 0.717) is 12.1 Å². The predicted octanol–water partition coefficient (Wildman–Crippen LogP) is 0.345. The summed E-state index contributed by atoms with van der Waals surface area (Å²) in [5, 5.41) is 8.77. The molecule has 0 fully saturated rings. The Morgan fingerprint density at radius 3 is 2.84 bits per heavy atom. The Bertz CT molecular complexity index is 752. The van der Waals surface area contributed by atoms with Gasteiger partial charge in [-0.05, 0) is 24.6 Å². The molecule has 0 N–H and O–H groups in total. The van der Waals surface area contributed by atoms with Crippen molar-refractivity contribution in [3.63, 3.8) is 0 Å². The Morgan fingerprint density at radius 2 is 2.16 bits per heavy atom. The molecule has 0 aliphatic rings. The molecule has 6 nitrogen and oxygen atoms in total. The van der Waals surface area contributed by atoms with Crippen LogP contribution >= 0.6 is 0 Å². The molecule has 0 atom stereocenters. The maximum Gasteiger partial charge on any atom is 0.331 e. The van der Waals surface area contributed by atoms with E-state index in [4.69, 9.17) is 5.26 Å². The van der Waals surface area contributed by atoms with Gasteiger partial charge in [0.15, 0.2) is 0 Å². The topological polar surface area (TPSA) is 80.7 Å². The Morgan fingerprint density at radius 1 is 1.37 bits per heavy atom. The summed E-state index contributed by atoms with van der Waals surface area (Å²) in [5.74, 6) is 0. The maximum absolute atomic E-state index is 12.0. The molecule has 0 saturated heterocycles. The first kappa shape index (κ1) is 12.8. The largest absolute Gasteiger partial charge is 0.331 e. The fourth-order valence-electron chi connectivity index (χ4n) is 1.76. The van der Waals surface area contributed by atoms with Crippen molar-refractivity contribution in [1.82, 2.24) is 14.1 Å². The summed E-state index contributed by atoms with van der Waals surface area (Å²) < 4.78 is 2.59. The fraction of sp³-hybridized carbons (Fsp3) is 0.231. The van der Waals surface area contributed by atoms with Crippen LogP contribution in [0.3, 0.4) is 0 Å². The zero-order valence-electron chi connectivity index (χ0n) is 10.4. The number of nitrogens with zero attached hydrogens (tertiary/aromatic N) is 4. The second kappa shape index (κ2) is 5.31. The fourth-order valence-corrected chi connectivity index (χ4v) is 1.76. The first-order chi connectivity index (χ1) is 9.15. The standard InChI is InChI=1S/C13H12N4O2/c1-2-16-6-4-12(18)17(13(16)19)9-10-3-5-15-11(7-10)8-14/h3-7H,2,9H2,1H3. The highest BCUT2D eigenvalue weighted by Crippen LogP contribution is 2.01. The van der Waals surface area contributed by atoms with Gasteiger partial charge in [0.05, 0.1) is 6.54 Å². The second-order valence-corrected chi connectivity index (χ2v) is 3.97. The average molecular weight is 256 g/mol. The van der Waals surface area contributed by atoms with E-state index in [0.717, 1.165) is 4.57 Å². The monoisotopic (exact) mass is 256 g/mol. The highest BCUT2D eigenvalue weighted by atomic mass is 16.2. The number of aryl methyl sites for hydroxylation is 1. The van der Waals surface area contributed by atoms with Crippen LogP contribution in [0.25, 0.3) is 0 Å². The van der Waals surface area contributed by atoms with E-state index >= 15 is 0 Å². The minimum atomic E-state index is -0.356. The lowest BCUT2D eigenvalue weighted by Crippen LogP contribution is -2.39. The number of nitriles is 1. The number of hydrogen-bond acceptors (Lipinski definition) is 4. The zero-order chi connectivity index (χ0) is 13.8. The van der Waals surface area contributed by atoms with Gasteiger partial charge < -0.3 is 4.57 Å². The van der Waals surface area contributed by atoms with Gasteiger partial charge in [0.2, 0.25) is 0 Å². The third kappa shape index (κ3) is 2.60. The van der Waals surface area contributed by atoms with Crippen LogP contribution in [-0.4, -0.2) is 14.1 Å². The predicted molar refractivity (Wildman–Crippen MR) is 68.7 cm³/mol. The van der Waals surface area contributed by atoms with Gasteiger partial charge in [0.25, 0.3) is 5.56 Å². The van der Waals surface area contributed by atoms with Crippen molar-refractivity contribution < 1.29 is 0 Å². The van der Waals surface area contributed by atoms with Gasteiger partial charge in [-0.2, -0.15) is 5.26 Å². The molecule has 6 heteroatoms. The van der Waals surface area contributed by atoms with Gasteiger partial charge in [-0.1, -0.05) is 0 Å². The smallest absolute Gasteiger partial charge is 0.301 e. The third-order valence-electron chi connectivity index (χ3n) is 2.76. The van der Waals surface area contributed by atoms with Crippen LogP contribution in [0.1, 0.15) is 18.2 Å².